The van der Waals surface area contributed by atoms with Crippen molar-refractivity contribution in [3.63, 3.8) is 0 Å². The summed E-state index contributed by atoms with van der Waals surface area (Å²) in [6.45, 7) is 0.0101. The van der Waals surface area contributed by atoms with Gasteiger partial charge >= 0.3 is 11.5 Å². The molecule has 1 heterocycles. The molecular weight excluding hydrogens is 257 g/mol. The molecule has 0 saturated carbocycles. The van der Waals surface area contributed by atoms with Gasteiger partial charge in [-0.25, -0.2) is 4.79 Å². The molecule has 4 nitrogen and oxygen atoms in total. The average Bonchev–Trinajstić information content (AvgIpc) is 2.23. The monoisotopic (exact) mass is 266 g/mol. The van der Waals surface area contributed by atoms with E-state index in [1.165, 1.54) is 18.5 Å². The summed E-state index contributed by atoms with van der Waals surface area (Å²) in [5, 5.41) is 11.4. The van der Waals surface area contributed by atoms with Crippen LogP contribution in [0.5, 0.6) is 0 Å². The zero-order valence-corrected chi connectivity index (χ0v) is 9.31. The third-order valence-corrected chi connectivity index (χ3v) is 2.47. The normalized spacial score (nSPS) is 11.2. The predicted molar refractivity (Wildman–Crippen MR) is 58.2 cm³/mol. The van der Waals surface area contributed by atoms with E-state index in [0.717, 1.165) is 0 Å². The number of nitrogens with zero attached hydrogens (tertiary/aromatic N) is 1. The van der Waals surface area contributed by atoms with Crippen LogP contribution in [0.1, 0.15) is 10.4 Å². The van der Waals surface area contributed by atoms with Crippen molar-refractivity contribution in [3.05, 3.63) is 24.0 Å². The first-order valence-corrected chi connectivity index (χ1v) is 5.50. The van der Waals surface area contributed by atoms with Crippen LogP contribution in [-0.2, 0) is 0 Å². The van der Waals surface area contributed by atoms with Gasteiger partial charge in [0.1, 0.15) is 0 Å². The Hall–Kier alpha value is -1.44. The maximum atomic E-state index is 11.8. The van der Waals surface area contributed by atoms with E-state index in [4.69, 9.17) is 5.11 Å². The van der Waals surface area contributed by atoms with Gasteiger partial charge in [-0.15, -0.1) is 0 Å². The van der Waals surface area contributed by atoms with E-state index in [0.29, 0.717) is 0 Å². The summed E-state index contributed by atoms with van der Waals surface area (Å²) in [5.74, 6) is -1.35. The Morgan fingerprint density at radius 3 is 2.82 bits per heavy atom. The van der Waals surface area contributed by atoms with Crippen molar-refractivity contribution in [1.82, 2.24) is 4.98 Å². The van der Waals surface area contributed by atoms with Crippen molar-refractivity contribution in [3.8, 4) is 0 Å². The topological polar surface area (TPSA) is 62.2 Å². The maximum Gasteiger partial charge on any atom is 0.441 e. The van der Waals surface area contributed by atoms with E-state index in [9.17, 15) is 18.0 Å². The minimum Gasteiger partial charge on any atom is -0.478 e. The van der Waals surface area contributed by atoms with E-state index in [1.807, 2.05) is 0 Å². The van der Waals surface area contributed by atoms with Crippen LogP contribution in [-0.4, -0.2) is 33.9 Å². The minimum atomic E-state index is -4.27. The van der Waals surface area contributed by atoms with E-state index in [-0.39, 0.29) is 35.3 Å². The molecule has 0 aromatic carbocycles. The second kappa shape index (κ2) is 5.76. The first kappa shape index (κ1) is 13.6. The highest BCUT2D eigenvalue weighted by atomic mass is 32.2. The van der Waals surface area contributed by atoms with Crippen molar-refractivity contribution < 1.29 is 23.1 Å². The number of aromatic carboxylic acids is 1. The Bertz CT molecular complexity index is 398. The zero-order chi connectivity index (χ0) is 12.9. The molecule has 0 bridgehead atoms. The van der Waals surface area contributed by atoms with Crippen LogP contribution in [0.2, 0.25) is 0 Å². The van der Waals surface area contributed by atoms with Gasteiger partial charge < -0.3 is 10.4 Å². The number of aromatic nitrogens is 1. The zero-order valence-electron chi connectivity index (χ0n) is 8.49. The number of carbonyl (C=O) groups is 1. The SMILES string of the molecule is O=C(O)c1ccncc1NCCSC(F)(F)F. The summed E-state index contributed by atoms with van der Waals surface area (Å²) in [5.41, 5.74) is -4.08. The highest BCUT2D eigenvalue weighted by Gasteiger charge is 2.27. The number of anilines is 1. The summed E-state index contributed by atoms with van der Waals surface area (Å²) in [6.07, 6.45) is 2.57. The summed E-state index contributed by atoms with van der Waals surface area (Å²) >= 11 is -0.163. The van der Waals surface area contributed by atoms with Crippen molar-refractivity contribution in [2.24, 2.45) is 0 Å². The standard InChI is InChI=1S/C9H9F3N2O2S/c10-9(11,12)17-4-3-14-7-5-13-2-1-6(7)8(15)16/h1-2,5,14H,3-4H2,(H,15,16). The van der Waals surface area contributed by atoms with Crippen LogP contribution in [0.4, 0.5) is 18.9 Å². The number of alkyl halides is 3. The van der Waals surface area contributed by atoms with Crippen LogP contribution in [0, 0.1) is 0 Å². The summed E-state index contributed by atoms with van der Waals surface area (Å²) < 4.78 is 35.5. The molecule has 0 saturated heterocycles. The van der Waals surface area contributed by atoms with Gasteiger partial charge in [0.15, 0.2) is 0 Å². The molecule has 0 aliphatic carbocycles. The number of carboxylic acid groups (broad SMARTS) is 1. The molecule has 1 rings (SSSR count). The fourth-order valence-electron chi connectivity index (χ4n) is 1.07. The fraction of sp³-hybridized carbons (Fsp3) is 0.333. The van der Waals surface area contributed by atoms with Gasteiger partial charge in [0, 0.05) is 18.5 Å². The number of halogens is 3. The molecule has 0 aliphatic heterocycles. The van der Waals surface area contributed by atoms with Gasteiger partial charge in [-0.3, -0.25) is 4.98 Å². The van der Waals surface area contributed by atoms with Crippen molar-refractivity contribution in [2.75, 3.05) is 17.6 Å². The third kappa shape index (κ3) is 4.94. The lowest BCUT2D eigenvalue weighted by atomic mass is 10.2. The first-order valence-electron chi connectivity index (χ1n) is 4.52. The van der Waals surface area contributed by atoms with E-state index < -0.39 is 11.5 Å². The van der Waals surface area contributed by atoms with Gasteiger partial charge in [0.05, 0.1) is 17.4 Å². The minimum absolute atomic E-state index is 0.0101. The van der Waals surface area contributed by atoms with Crippen LogP contribution in [0.15, 0.2) is 18.5 Å². The molecule has 0 fully saturated rings. The van der Waals surface area contributed by atoms with E-state index >= 15 is 0 Å². The molecule has 94 valence electrons. The number of nitrogens with one attached hydrogen (secondary N) is 1. The molecule has 8 heteroatoms. The fourth-order valence-corrected chi connectivity index (χ4v) is 1.51. The molecule has 0 spiro atoms. The van der Waals surface area contributed by atoms with Crippen LogP contribution < -0.4 is 5.32 Å². The second-order valence-electron chi connectivity index (χ2n) is 2.95. The number of thioether (sulfide) groups is 1. The Morgan fingerprint density at radius 2 is 2.24 bits per heavy atom. The predicted octanol–water partition coefficient (Wildman–Crippen LogP) is 2.44. The van der Waals surface area contributed by atoms with Crippen LogP contribution >= 0.6 is 11.8 Å². The largest absolute Gasteiger partial charge is 0.478 e. The molecule has 0 amide bonds. The van der Waals surface area contributed by atoms with Crippen molar-refractivity contribution in [2.45, 2.75) is 5.51 Å². The summed E-state index contributed by atoms with van der Waals surface area (Å²) in [7, 11) is 0. The number of hydrogen-bond acceptors (Lipinski definition) is 4. The molecule has 1 aromatic heterocycles. The van der Waals surface area contributed by atoms with Gasteiger partial charge in [-0.2, -0.15) is 13.2 Å². The molecule has 2 N–H and O–H groups in total. The number of pyridine rings is 1. The molecule has 1 aromatic rings. The summed E-state index contributed by atoms with van der Waals surface area (Å²) in [4.78, 5) is 14.5. The highest BCUT2D eigenvalue weighted by Crippen LogP contribution is 2.29. The lowest BCUT2D eigenvalue weighted by molar-refractivity contribution is -0.0327. The lowest BCUT2D eigenvalue weighted by Gasteiger charge is -2.09. The van der Waals surface area contributed by atoms with E-state index in [1.54, 1.807) is 0 Å². The Balaban J connectivity index is 2.49. The second-order valence-corrected chi connectivity index (χ2v) is 4.11. The van der Waals surface area contributed by atoms with Crippen molar-refractivity contribution in [1.29, 1.82) is 0 Å². The molecule has 0 aliphatic rings. The van der Waals surface area contributed by atoms with Gasteiger partial charge in [-0.05, 0) is 17.8 Å². The van der Waals surface area contributed by atoms with Gasteiger partial charge in [0.25, 0.3) is 0 Å². The van der Waals surface area contributed by atoms with Crippen LogP contribution in [0.25, 0.3) is 0 Å². The summed E-state index contributed by atoms with van der Waals surface area (Å²) in [6, 6.07) is 1.28. The maximum absolute atomic E-state index is 11.8. The van der Waals surface area contributed by atoms with Crippen LogP contribution in [0.3, 0.4) is 0 Å². The van der Waals surface area contributed by atoms with Gasteiger partial charge in [0.2, 0.25) is 0 Å². The first-order chi connectivity index (χ1) is 7.90. The Kier molecular flexibility index (Phi) is 4.62. The van der Waals surface area contributed by atoms with E-state index in [2.05, 4.69) is 10.3 Å². The molecule has 17 heavy (non-hydrogen) atoms. The molecule has 0 atom stereocenters. The number of carboxylic acids is 1. The molecule has 0 radical (unpaired) electrons. The average molecular weight is 266 g/mol. The molecule has 0 unspecified atom stereocenters. The highest BCUT2D eigenvalue weighted by molar-refractivity contribution is 8.00. The Labute approximate surface area is 99.2 Å². The lowest BCUT2D eigenvalue weighted by Crippen LogP contribution is -2.12. The van der Waals surface area contributed by atoms with Crippen molar-refractivity contribution >= 4 is 23.4 Å². The smallest absolute Gasteiger partial charge is 0.441 e. The Morgan fingerprint density at radius 1 is 1.53 bits per heavy atom. The van der Waals surface area contributed by atoms with Gasteiger partial charge in [-0.1, -0.05) is 0 Å². The number of rotatable bonds is 5. The third-order valence-electron chi connectivity index (χ3n) is 1.73. The molecular formula is C9H9F3N2O2S. The number of hydrogen-bond donors (Lipinski definition) is 2. The quantitative estimate of drug-likeness (QED) is 0.801.